The summed E-state index contributed by atoms with van der Waals surface area (Å²) >= 11 is 1.37. The Balaban J connectivity index is 1.84. The molecule has 0 fully saturated rings. The number of unbranched alkanes of at least 4 members (excludes halogenated alkanes) is 1. The summed E-state index contributed by atoms with van der Waals surface area (Å²) in [7, 11) is -1.82. The molecule has 0 saturated heterocycles. The lowest BCUT2D eigenvalue weighted by Gasteiger charge is -2.18. The van der Waals surface area contributed by atoms with Gasteiger partial charge in [0.05, 0.1) is 34.5 Å². The van der Waals surface area contributed by atoms with Gasteiger partial charge in [-0.1, -0.05) is 39.0 Å². The first-order valence-corrected chi connectivity index (χ1v) is 13.6. The lowest BCUT2D eigenvalue weighted by atomic mass is 10.3. The summed E-state index contributed by atoms with van der Waals surface area (Å²) < 4.78 is 34.7. The van der Waals surface area contributed by atoms with Crippen molar-refractivity contribution in [1.29, 1.82) is 0 Å². The molecule has 0 radical (unpaired) electrons. The molecule has 0 N–H and O–H groups in total. The van der Waals surface area contributed by atoms with Crippen molar-refractivity contribution < 1.29 is 17.6 Å². The molecule has 3 rings (SSSR count). The number of imidazole rings is 1. The van der Waals surface area contributed by atoms with Gasteiger partial charge in [-0.3, -0.25) is 4.79 Å². The number of thioether (sulfide) groups is 1. The van der Waals surface area contributed by atoms with Crippen LogP contribution in [0.25, 0.3) is 11.0 Å². The Bertz CT molecular complexity index is 1170. The van der Waals surface area contributed by atoms with Crippen LogP contribution in [0.4, 0.5) is 0 Å². The van der Waals surface area contributed by atoms with Gasteiger partial charge in [0.1, 0.15) is 5.76 Å². The number of rotatable bonds is 12. The lowest BCUT2D eigenvalue weighted by molar-refractivity contribution is -0.127. The molecule has 0 aliphatic heterocycles. The number of benzene rings is 1. The van der Waals surface area contributed by atoms with Gasteiger partial charge in [-0.25, -0.2) is 13.4 Å². The number of aromatic nitrogens is 2. The molecule has 0 spiro atoms. The molecule has 0 bridgehead atoms. The van der Waals surface area contributed by atoms with E-state index in [-0.39, 0.29) is 16.6 Å². The van der Waals surface area contributed by atoms with E-state index in [9.17, 15) is 13.2 Å². The zero-order chi connectivity index (χ0) is 24.0. The van der Waals surface area contributed by atoms with Gasteiger partial charge >= 0.3 is 0 Å². The van der Waals surface area contributed by atoms with Gasteiger partial charge in [0, 0.05) is 26.7 Å². The van der Waals surface area contributed by atoms with E-state index in [1.54, 1.807) is 36.4 Å². The van der Waals surface area contributed by atoms with Gasteiger partial charge < -0.3 is 13.9 Å². The Kier molecular flexibility index (Phi) is 8.61. The molecule has 2 heterocycles. The van der Waals surface area contributed by atoms with Gasteiger partial charge in [0.25, 0.3) is 0 Å². The van der Waals surface area contributed by atoms with E-state index in [4.69, 9.17) is 9.40 Å². The smallest absolute Gasteiger partial charge is 0.243 e. The summed E-state index contributed by atoms with van der Waals surface area (Å²) in [5.41, 5.74) is 1.50. The van der Waals surface area contributed by atoms with Gasteiger partial charge in [-0.2, -0.15) is 4.31 Å². The van der Waals surface area contributed by atoms with Crippen LogP contribution in [0, 0.1) is 0 Å². The Morgan fingerprint density at radius 3 is 2.58 bits per heavy atom. The average Bonchev–Trinajstić information content (AvgIpc) is 3.43. The summed E-state index contributed by atoms with van der Waals surface area (Å²) in [4.78, 5) is 19.2. The van der Waals surface area contributed by atoms with E-state index in [2.05, 4.69) is 11.5 Å². The molecule has 10 heteroatoms. The highest BCUT2D eigenvalue weighted by Gasteiger charge is 2.23. The van der Waals surface area contributed by atoms with E-state index < -0.39 is 10.0 Å². The van der Waals surface area contributed by atoms with Crippen LogP contribution in [0.5, 0.6) is 0 Å². The number of fused-ring (bicyclic) bond motifs is 1. The molecule has 0 atom stereocenters. The standard InChI is InChI=1S/C23H32N4O4S2/c1-5-8-13-27-21-12-11-19(33(29,30)26(6-2)7-3)15-20(21)24-23(27)32-17-22(28)25(4)16-18-10-9-14-31-18/h9-12,14-15H,5-8,13,16-17H2,1-4H3. The minimum atomic E-state index is -3.57. The zero-order valence-electron chi connectivity index (χ0n) is 19.7. The maximum absolute atomic E-state index is 13.0. The fourth-order valence-electron chi connectivity index (χ4n) is 3.56. The highest BCUT2D eigenvalue weighted by atomic mass is 32.2. The summed E-state index contributed by atoms with van der Waals surface area (Å²) in [6.45, 7) is 7.77. The van der Waals surface area contributed by atoms with Gasteiger partial charge in [0.2, 0.25) is 15.9 Å². The predicted molar refractivity (Wildman–Crippen MR) is 131 cm³/mol. The van der Waals surface area contributed by atoms with Crippen LogP contribution in [-0.2, 0) is 27.9 Å². The Morgan fingerprint density at radius 2 is 1.94 bits per heavy atom. The van der Waals surface area contributed by atoms with Crippen molar-refractivity contribution in [1.82, 2.24) is 18.8 Å². The van der Waals surface area contributed by atoms with Crippen LogP contribution in [0.15, 0.2) is 51.1 Å². The van der Waals surface area contributed by atoms with Gasteiger partial charge in [-0.05, 0) is 36.8 Å². The van der Waals surface area contributed by atoms with Gasteiger partial charge in [-0.15, -0.1) is 0 Å². The first-order valence-electron chi connectivity index (χ1n) is 11.2. The molecule has 1 aromatic carbocycles. The summed E-state index contributed by atoms with van der Waals surface area (Å²) in [6.07, 6.45) is 3.57. The van der Waals surface area contributed by atoms with Crippen LogP contribution in [0.3, 0.4) is 0 Å². The van der Waals surface area contributed by atoms with E-state index in [1.807, 2.05) is 26.0 Å². The molecule has 8 nitrogen and oxygen atoms in total. The maximum atomic E-state index is 13.0. The number of hydrogen-bond donors (Lipinski definition) is 0. The lowest BCUT2D eigenvalue weighted by Crippen LogP contribution is -2.30. The molecule has 33 heavy (non-hydrogen) atoms. The van der Waals surface area contributed by atoms with Crippen molar-refractivity contribution in [3.05, 3.63) is 42.4 Å². The first kappa shape index (κ1) is 25.3. The third kappa shape index (κ3) is 5.80. The van der Waals surface area contributed by atoms with Crippen molar-refractivity contribution in [2.45, 2.75) is 56.8 Å². The normalized spacial score (nSPS) is 12.0. The number of carbonyl (C=O) groups excluding carboxylic acids is 1. The number of furan rings is 1. The molecule has 180 valence electrons. The number of carbonyl (C=O) groups is 1. The molecular weight excluding hydrogens is 460 g/mol. The molecule has 0 aliphatic carbocycles. The number of aryl methyl sites for hydroxylation is 1. The molecule has 3 aromatic rings. The van der Waals surface area contributed by atoms with Crippen LogP contribution < -0.4 is 0 Å². The predicted octanol–water partition coefficient (Wildman–Crippen LogP) is 4.21. The largest absolute Gasteiger partial charge is 0.467 e. The first-order chi connectivity index (χ1) is 15.8. The quantitative estimate of drug-likeness (QED) is 0.352. The van der Waals surface area contributed by atoms with Crippen LogP contribution in [0.2, 0.25) is 0 Å². The molecular formula is C23H32N4O4S2. The molecule has 0 saturated carbocycles. The van der Waals surface area contributed by atoms with Crippen molar-refractivity contribution in [3.63, 3.8) is 0 Å². The van der Waals surface area contributed by atoms with Crippen LogP contribution >= 0.6 is 11.8 Å². The fraction of sp³-hybridized carbons (Fsp3) is 0.478. The minimum Gasteiger partial charge on any atom is -0.467 e. The van der Waals surface area contributed by atoms with Crippen molar-refractivity contribution >= 4 is 38.7 Å². The second-order valence-electron chi connectivity index (χ2n) is 7.76. The number of nitrogens with zero attached hydrogens (tertiary/aromatic N) is 4. The van der Waals surface area contributed by atoms with Crippen LogP contribution in [0.1, 0.15) is 39.4 Å². The summed E-state index contributed by atoms with van der Waals surface area (Å²) in [6, 6.07) is 8.75. The molecule has 2 aromatic heterocycles. The third-order valence-electron chi connectivity index (χ3n) is 5.49. The second-order valence-corrected chi connectivity index (χ2v) is 10.6. The second kappa shape index (κ2) is 11.2. The van der Waals surface area contributed by atoms with E-state index >= 15 is 0 Å². The fourth-order valence-corrected chi connectivity index (χ4v) is 6.02. The van der Waals surface area contributed by atoms with Crippen molar-refractivity contribution in [3.8, 4) is 0 Å². The average molecular weight is 493 g/mol. The van der Waals surface area contributed by atoms with E-state index in [1.165, 1.54) is 16.1 Å². The SMILES string of the molecule is CCCCn1c(SCC(=O)N(C)Cc2ccco2)nc2cc(S(=O)(=O)N(CC)CC)ccc21. The topological polar surface area (TPSA) is 88.6 Å². The Hall–Kier alpha value is -2.30. The summed E-state index contributed by atoms with van der Waals surface area (Å²) in [5, 5.41) is 0.718. The number of amides is 1. The third-order valence-corrected chi connectivity index (χ3v) is 8.49. The Morgan fingerprint density at radius 1 is 1.18 bits per heavy atom. The Labute approximate surface area is 200 Å². The molecule has 1 amide bonds. The van der Waals surface area contributed by atoms with Gasteiger partial charge in [0.15, 0.2) is 5.16 Å². The van der Waals surface area contributed by atoms with E-state index in [0.717, 1.165) is 35.8 Å². The highest BCUT2D eigenvalue weighted by Crippen LogP contribution is 2.28. The number of hydrogen-bond acceptors (Lipinski definition) is 6. The van der Waals surface area contributed by atoms with Crippen molar-refractivity contribution in [2.75, 3.05) is 25.9 Å². The van der Waals surface area contributed by atoms with E-state index in [0.29, 0.717) is 25.2 Å². The van der Waals surface area contributed by atoms with Crippen molar-refractivity contribution in [2.24, 2.45) is 0 Å². The monoisotopic (exact) mass is 492 g/mol. The summed E-state index contributed by atoms with van der Waals surface area (Å²) in [5.74, 6) is 0.931. The highest BCUT2D eigenvalue weighted by molar-refractivity contribution is 7.99. The minimum absolute atomic E-state index is 0.0321. The number of sulfonamides is 1. The maximum Gasteiger partial charge on any atom is 0.243 e. The molecule has 0 aliphatic rings. The zero-order valence-corrected chi connectivity index (χ0v) is 21.3. The molecule has 0 unspecified atom stereocenters. The van der Waals surface area contributed by atoms with Crippen LogP contribution in [-0.4, -0.2) is 59.0 Å².